The molecule has 3 amide bonds. The molecular formula is C35H48ClN9O3. The van der Waals surface area contributed by atoms with Gasteiger partial charge in [-0.3, -0.25) is 14.7 Å². The molecule has 13 heteroatoms. The summed E-state index contributed by atoms with van der Waals surface area (Å²) in [7, 11) is 2.16. The molecule has 48 heavy (non-hydrogen) atoms. The predicted octanol–water partition coefficient (Wildman–Crippen LogP) is 3.23. The van der Waals surface area contributed by atoms with Crippen LogP contribution in [0.3, 0.4) is 0 Å². The third-order valence-electron chi connectivity index (χ3n) is 10.3. The van der Waals surface area contributed by atoms with E-state index in [1.807, 2.05) is 48.2 Å². The van der Waals surface area contributed by atoms with Gasteiger partial charge in [0, 0.05) is 70.4 Å². The largest absolute Gasteiger partial charge is 0.397 e. The summed E-state index contributed by atoms with van der Waals surface area (Å²) in [6, 6.07) is 12.7. The molecule has 258 valence electrons. The van der Waals surface area contributed by atoms with Crippen molar-refractivity contribution in [2.24, 2.45) is 0 Å². The van der Waals surface area contributed by atoms with Gasteiger partial charge in [-0.15, -0.1) is 5.10 Å². The fourth-order valence-electron chi connectivity index (χ4n) is 7.31. The second-order valence-electron chi connectivity index (χ2n) is 13.4. The van der Waals surface area contributed by atoms with Crippen molar-refractivity contribution in [1.82, 2.24) is 39.7 Å². The van der Waals surface area contributed by atoms with E-state index in [9.17, 15) is 14.4 Å². The van der Waals surface area contributed by atoms with Crippen LogP contribution in [0.25, 0.3) is 11.4 Å². The Bertz CT molecular complexity index is 1620. The SMILES string of the molecule is CCc1cc(C[C@@H](NC(=O)N2CCC(n3nc(-c4ccccc4)[nH]c3=O)CC2)C(=O)N2CCC(N3CCN(C)CC3)CC2)cc(Cl)c1N. The summed E-state index contributed by atoms with van der Waals surface area (Å²) in [6.07, 6.45) is 4.05. The van der Waals surface area contributed by atoms with E-state index in [0.29, 0.717) is 74.4 Å². The van der Waals surface area contributed by atoms with Gasteiger partial charge in [0.05, 0.1) is 16.8 Å². The van der Waals surface area contributed by atoms with Crippen molar-refractivity contribution in [2.45, 2.75) is 63.6 Å². The Labute approximate surface area is 287 Å². The van der Waals surface area contributed by atoms with Gasteiger partial charge in [-0.1, -0.05) is 54.9 Å². The lowest BCUT2D eigenvalue weighted by Crippen LogP contribution is -2.57. The molecule has 3 aliphatic heterocycles. The number of nitrogens with one attached hydrogen (secondary N) is 2. The van der Waals surface area contributed by atoms with Gasteiger partial charge in [-0.2, -0.15) is 0 Å². The van der Waals surface area contributed by atoms with Crippen LogP contribution < -0.4 is 16.7 Å². The number of aryl methyl sites for hydroxylation is 1. The van der Waals surface area contributed by atoms with E-state index in [0.717, 1.165) is 55.7 Å². The Morgan fingerprint density at radius 1 is 0.958 bits per heavy atom. The molecule has 1 aromatic heterocycles. The van der Waals surface area contributed by atoms with Crippen LogP contribution in [0.2, 0.25) is 5.02 Å². The zero-order valence-electron chi connectivity index (χ0n) is 28.0. The molecule has 0 saturated carbocycles. The molecule has 3 fully saturated rings. The van der Waals surface area contributed by atoms with Crippen molar-refractivity contribution in [3.8, 4) is 11.4 Å². The predicted molar refractivity (Wildman–Crippen MR) is 188 cm³/mol. The molecular weight excluding hydrogens is 630 g/mol. The summed E-state index contributed by atoms with van der Waals surface area (Å²) in [5.41, 5.74) is 9.13. The highest BCUT2D eigenvalue weighted by atomic mass is 35.5. The maximum Gasteiger partial charge on any atom is 0.343 e. The molecule has 0 aliphatic carbocycles. The first-order valence-electron chi connectivity index (χ1n) is 17.3. The number of aromatic amines is 1. The quantitative estimate of drug-likeness (QED) is 0.312. The van der Waals surface area contributed by atoms with Crippen molar-refractivity contribution in [3.05, 3.63) is 69.1 Å². The highest BCUT2D eigenvalue weighted by Crippen LogP contribution is 2.27. The van der Waals surface area contributed by atoms with Crippen LogP contribution in [0.15, 0.2) is 47.3 Å². The molecule has 2 aromatic carbocycles. The van der Waals surface area contributed by atoms with Crippen molar-refractivity contribution in [2.75, 3.05) is 65.1 Å². The van der Waals surface area contributed by atoms with Crippen LogP contribution in [-0.2, 0) is 17.6 Å². The van der Waals surface area contributed by atoms with Crippen molar-refractivity contribution >= 4 is 29.2 Å². The Hall–Kier alpha value is -3.87. The third-order valence-corrected chi connectivity index (χ3v) is 10.6. The zero-order valence-corrected chi connectivity index (χ0v) is 28.8. The average Bonchev–Trinajstić information content (AvgIpc) is 3.51. The van der Waals surface area contributed by atoms with Gasteiger partial charge in [0.25, 0.3) is 0 Å². The third kappa shape index (κ3) is 7.71. The molecule has 0 bridgehead atoms. The van der Waals surface area contributed by atoms with E-state index in [1.54, 1.807) is 11.0 Å². The Balaban J connectivity index is 1.11. The summed E-state index contributed by atoms with van der Waals surface area (Å²) in [5, 5.41) is 8.11. The zero-order chi connectivity index (χ0) is 33.8. The molecule has 0 unspecified atom stereocenters. The minimum atomic E-state index is -0.748. The molecule has 4 N–H and O–H groups in total. The average molecular weight is 678 g/mol. The molecule has 6 rings (SSSR count). The summed E-state index contributed by atoms with van der Waals surface area (Å²) >= 11 is 6.49. The first-order valence-corrected chi connectivity index (χ1v) is 17.7. The molecule has 3 saturated heterocycles. The number of nitrogens with zero attached hydrogens (tertiary/aromatic N) is 6. The van der Waals surface area contributed by atoms with Gasteiger partial charge >= 0.3 is 11.7 Å². The lowest BCUT2D eigenvalue weighted by Gasteiger charge is -2.42. The number of piperidine rings is 2. The fraction of sp³-hybridized carbons (Fsp3) is 0.543. The lowest BCUT2D eigenvalue weighted by molar-refractivity contribution is -0.135. The number of likely N-dealkylation sites (N-methyl/N-ethyl adjacent to an activating group) is 1. The van der Waals surface area contributed by atoms with E-state index in [4.69, 9.17) is 17.3 Å². The molecule has 3 aromatic rings. The number of nitrogen functional groups attached to an aromatic ring is 1. The van der Waals surface area contributed by atoms with Crippen LogP contribution in [-0.4, -0.2) is 118 Å². The van der Waals surface area contributed by atoms with Crippen molar-refractivity contribution in [3.63, 3.8) is 0 Å². The van der Waals surface area contributed by atoms with E-state index < -0.39 is 6.04 Å². The van der Waals surface area contributed by atoms with Gasteiger partial charge in [0.15, 0.2) is 5.82 Å². The summed E-state index contributed by atoms with van der Waals surface area (Å²) < 4.78 is 1.51. The second kappa shape index (κ2) is 15.1. The van der Waals surface area contributed by atoms with Gasteiger partial charge in [0.1, 0.15) is 6.04 Å². The molecule has 4 heterocycles. The number of benzene rings is 2. The minimum absolute atomic E-state index is 0.0717. The maximum atomic E-state index is 14.1. The Morgan fingerprint density at radius 3 is 2.27 bits per heavy atom. The summed E-state index contributed by atoms with van der Waals surface area (Å²) in [5.74, 6) is 0.460. The lowest BCUT2D eigenvalue weighted by atomic mass is 9.98. The molecule has 3 aliphatic rings. The topological polar surface area (TPSA) is 136 Å². The normalized spacial score (nSPS) is 19.4. The second-order valence-corrected chi connectivity index (χ2v) is 13.8. The van der Waals surface area contributed by atoms with Gasteiger partial charge < -0.3 is 25.8 Å². The standard InChI is InChI=1S/C35H48ClN9O3/c1-3-25-21-24(22-29(36)31(25)37)23-30(33(46)43-13-9-27(10-14-43)42-19-17-41(2)18-20-42)38-34(47)44-15-11-28(12-16-44)45-35(48)39-32(40-45)26-7-5-4-6-8-26/h4-8,21-22,27-28,30H,3,9-20,23,37H2,1-2H3,(H,38,47)(H,39,40,48)/t30-/m1/s1. The number of amides is 3. The number of hydrogen-bond acceptors (Lipinski definition) is 7. The Kier molecular flexibility index (Phi) is 10.7. The minimum Gasteiger partial charge on any atom is -0.397 e. The first-order chi connectivity index (χ1) is 23.2. The number of likely N-dealkylation sites (tertiary alicyclic amines) is 2. The van der Waals surface area contributed by atoms with Gasteiger partial charge in [-0.05, 0) is 56.3 Å². The van der Waals surface area contributed by atoms with Crippen LogP contribution >= 0.6 is 11.6 Å². The fourth-order valence-corrected chi connectivity index (χ4v) is 7.57. The van der Waals surface area contributed by atoms with Crippen LogP contribution in [0.4, 0.5) is 10.5 Å². The van der Waals surface area contributed by atoms with Crippen molar-refractivity contribution in [1.29, 1.82) is 0 Å². The summed E-state index contributed by atoms with van der Waals surface area (Å²) in [4.78, 5) is 52.0. The van der Waals surface area contributed by atoms with E-state index in [2.05, 4.69) is 32.2 Å². The number of halogens is 1. The molecule has 0 spiro atoms. The molecule has 0 radical (unpaired) electrons. The van der Waals surface area contributed by atoms with Gasteiger partial charge in [0.2, 0.25) is 5.91 Å². The van der Waals surface area contributed by atoms with E-state index >= 15 is 0 Å². The number of carbonyl (C=O) groups excluding carboxylic acids is 2. The molecule has 1 atom stereocenters. The number of rotatable bonds is 8. The van der Waals surface area contributed by atoms with Crippen LogP contribution in [0.1, 0.15) is 49.8 Å². The van der Waals surface area contributed by atoms with Gasteiger partial charge in [-0.25, -0.2) is 14.3 Å². The van der Waals surface area contributed by atoms with E-state index in [-0.39, 0.29) is 23.7 Å². The van der Waals surface area contributed by atoms with Crippen LogP contribution in [0, 0.1) is 0 Å². The maximum absolute atomic E-state index is 14.1. The highest BCUT2D eigenvalue weighted by Gasteiger charge is 2.34. The number of nitrogens with two attached hydrogens (primary N) is 1. The smallest absolute Gasteiger partial charge is 0.343 e. The monoisotopic (exact) mass is 677 g/mol. The number of hydrogen-bond donors (Lipinski definition) is 3. The number of aromatic nitrogens is 3. The summed E-state index contributed by atoms with van der Waals surface area (Å²) in [6.45, 7) is 8.51. The highest BCUT2D eigenvalue weighted by molar-refractivity contribution is 6.33. The number of anilines is 1. The number of urea groups is 1. The van der Waals surface area contributed by atoms with E-state index in [1.165, 1.54) is 4.68 Å². The number of H-pyrrole nitrogens is 1. The number of piperazine rings is 1. The first kappa shape index (κ1) is 34.0. The van der Waals surface area contributed by atoms with Crippen molar-refractivity contribution < 1.29 is 9.59 Å². The Morgan fingerprint density at radius 2 is 1.60 bits per heavy atom. The van der Waals surface area contributed by atoms with Crippen LogP contribution in [0.5, 0.6) is 0 Å². The molecule has 12 nitrogen and oxygen atoms in total. The number of carbonyl (C=O) groups is 2.